The third-order valence-corrected chi connectivity index (χ3v) is 3.10. The number of pyridine rings is 1. The summed E-state index contributed by atoms with van der Waals surface area (Å²) in [6.45, 7) is 3.46. The van der Waals surface area contributed by atoms with Gasteiger partial charge in [0.15, 0.2) is 0 Å². The van der Waals surface area contributed by atoms with Crippen LogP contribution < -0.4 is 11.5 Å². The minimum atomic E-state index is -0.342. The van der Waals surface area contributed by atoms with E-state index in [2.05, 4.69) is 11.1 Å². The quantitative estimate of drug-likeness (QED) is 0.786. The highest BCUT2D eigenvalue weighted by atomic mass is 16.1. The van der Waals surface area contributed by atoms with Gasteiger partial charge in [-0.05, 0) is 35.7 Å². The van der Waals surface area contributed by atoms with Crippen LogP contribution in [0.4, 0.5) is 5.69 Å². The first kappa shape index (κ1) is 15.0. The smallest absolute Gasteiger partial charge is 0.231 e. The minimum absolute atomic E-state index is 0.207. The lowest BCUT2D eigenvalue weighted by Gasteiger charge is -2.21. The molecule has 21 heavy (non-hydrogen) atoms. The zero-order valence-electron chi connectivity index (χ0n) is 12.1. The van der Waals surface area contributed by atoms with Crippen molar-refractivity contribution in [2.24, 2.45) is 5.73 Å². The van der Waals surface area contributed by atoms with E-state index >= 15 is 0 Å². The van der Waals surface area contributed by atoms with Gasteiger partial charge in [-0.1, -0.05) is 18.2 Å². The van der Waals surface area contributed by atoms with E-state index in [1.165, 1.54) is 0 Å². The number of nitrogen functional groups attached to an aromatic ring is 1. The SMILES string of the molecule is Cc1cncc(CN(CC(N)=O)Cc2ccc(N)cc2)c1. The molecule has 0 saturated carbocycles. The maximum absolute atomic E-state index is 11.3. The van der Waals surface area contributed by atoms with Gasteiger partial charge in [-0.25, -0.2) is 0 Å². The molecule has 4 N–H and O–H groups in total. The fourth-order valence-corrected chi connectivity index (χ4v) is 2.23. The van der Waals surface area contributed by atoms with Gasteiger partial charge in [-0.15, -0.1) is 0 Å². The number of nitrogens with zero attached hydrogens (tertiary/aromatic N) is 2. The molecule has 110 valence electrons. The summed E-state index contributed by atoms with van der Waals surface area (Å²) in [4.78, 5) is 17.4. The lowest BCUT2D eigenvalue weighted by atomic mass is 10.1. The number of aromatic nitrogens is 1. The molecular weight excluding hydrogens is 264 g/mol. The van der Waals surface area contributed by atoms with E-state index in [4.69, 9.17) is 11.5 Å². The zero-order valence-corrected chi connectivity index (χ0v) is 12.1. The number of hydrogen-bond acceptors (Lipinski definition) is 4. The molecule has 0 fully saturated rings. The van der Waals surface area contributed by atoms with Crippen molar-refractivity contribution in [2.75, 3.05) is 12.3 Å². The number of rotatable bonds is 6. The number of primary amides is 1. The molecule has 1 aromatic heterocycles. The maximum Gasteiger partial charge on any atom is 0.231 e. The lowest BCUT2D eigenvalue weighted by molar-refractivity contribution is -0.119. The number of carbonyl (C=O) groups excluding carboxylic acids is 1. The number of anilines is 1. The van der Waals surface area contributed by atoms with Gasteiger partial charge in [-0.2, -0.15) is 0 Å². The highest BCUT2D eigenvalue weighted by Crippen LogP contribution is 2.12. The van der Waals surface area contributed by atoms with Gasteiger partial charge in [0.2, 0.25) is 5.91 Å². The molecule has 2 aromatic rings. The second-order valence-electron chi connectivity index (χ2n) is 5.22. The first-order valence-electron chi connectivity index (χ1n) is 6.78. The molecule has 0 atom stereocenters. The normalized spacial score (nSPS) is 10.8. The molecule has 2 rings (SSSR count). The van der Waals surface area contributed by atoms with Crippen LogP contribution in [0.15, 0.2) is 42.7 Å². The predicted octanol–water partition coefficient (Wildman–Crippen LogP) is 1.46. The summed E-state index contributed by atoms with van der Waals surface area (Å²) < 4.78 is 0. The minimum Gasteiger partial charge on any atom is -0.399 e. The Balaban J connectivity index is 2.10. The van der Waals surface area contributed by atoms with Crippen molar-refractivity contribution in [2.45, 2.75) is 20.0 Å². The molecule has 5 heteroatoms. The molecule has 0 saturated heterocycles. The predicted molar refractivity (Wildman–Crippen MR) is 83.1 cm³/mol. The fraction of sp³-hybridized carbons (Fsp3) is 0.250. The maximum atomic E-state index is 11.3. The Morgan fingerprint density at radius 2 is 1.81 bits per heavy atom. The van der Waals surface area contributed by atoms with Gasteiger partial charge >= 0.3 is 0 Å². The van der Waals surface area contributed by atoms with E-state index in [1.807, 2.05) is 48.5 Å². The van der Waals surface area contributed by atoms with Crippen LogP contribution in [0.5, 0.6) is 0 Å². The van der Waals surface area contributed by atoms with Crippen molar-refractivity contribution in [3.63, 3.8) is 0 Å². The van der Waals surface area contributed by atoms with E-state index in [9.17, 15) is 4.79 Å². The van der Waals surface area contributed by atoms with Crippen LogP contribution in [0.3, 0.4) is 0 Å². The summed E-state index contributed by atoms with van der Waals surface area (Å²) in [5.41, 5.74) is 15.0. The summed E-state index contributed by atoms with van der Waals surface area (Å²) in [5.74, 6) is -0.342. The Kier molecular flexibility index (Phi) is 4.90. The molecule has 1 aromatic carbocycles. The topological polar surface area (TPSA) is 85.2 Å². The van der Waals surface area contributed by atoms with Crippen molar-refractivity contribution in [1.29, 1.82) is 0 Å². The van der Waals surface area contributed by atoms with Gasteiger partial charge in [0.25, 0.3) is 0 Å². The summed E-state index contributed by atoms with van der Waals surface area (Å²) >= 11 is 0. The first-order chi connectivity index (χ1) is 10.0. The summed E-state index contributed by atoms with van der Waals surface area (Å²) in [7, 11) is 0. The van der Waals surface area contributed by atoms with E-state index in [0.717, 1.165) is 22.4 Å². The number of nitrogens with two attached hydrogens (primary N) is 2. The Hall–Kier alpha value is -2.40. The standard InChI is InChI=1S/C16H20N4O/c1-12-6-14(8-19-7-12)10-20(11-16(18)21)9-13-2-4-15(17)5-3-13/h2-8H,9-11,17H2,1H3,(H2,18,21). The van der Waals surface area contributed by atoms with E-state index in [-0.39, 0.29) is 12.5 Å². The number of hydrogen-bond donors (Lipinski definition) is 2. The van der Waals surface area contributed by atoms with E-state index in [1.54, 1.807) is 0 Å². The van der Waals surface area contributed by atoms with Crippen molar-refractivity contribution < 1.29 is 4.79 Å². The molecular formula is C16H20N4O. The molecule has 0 aliphatic heterocycles. The average Bonchev–Trinajstić information content (AvgIpc) is 2.40. The van der Waals surface area contributed by atoms with Crippen LogP contribution >= 0.6 is 0 Å². The highest BCUT2D eigenvalue weighted by Gasteiger charge is 2.10. The molecule has 0 aliphatic carbocycles. The number of aryl methyl sites for hydroxylation is 1. The number of amides is 1. The van der Waals surface area contributed by atoms with Crippen molar-refractivity contribution >= 4 is 11.6 Å². The lowest BCUT2D eigenvalue weighted by Crippen LogP contribution is -2.33. The van der Waals surface area contributed by atoms with Gasteiger partial charge in [-0.3, -0.25) is 14.7 Å². The van der Waals surface area contributed by atoms with Crippen LogP contribution in [-0.2, 0) is 17.9 Å². The Bertz CT molecular complexity index is 610. The van der Waals surface area contributed by atoms with Crippen molar-refractivity contribution in [3.8, 4) is 0 Å². The monoisotopic (exact) mass is 284 g/mol. The van der Waals surface area contributed by atoms with Gasteiger partial charge in [0.1, 0.15) is 0 Å². The van der Waals surface area contributed by atoms with E-state index < -0.39 is 0 Å². The second-order valence-corrected chi connectivity index (χ2v) is 5.22. The van der Waals surface area contributed by atoms with Crippen LogP contribution in [0.25, 0.3) is 0 Å². The molecule has 0 aliphatic rings. The van der Waals surface area contributed by atoms with Crippen LogP contribution in [0, 0.1) is 6.92 Å². The van der Waals surface area contributed by atoms with Crippen LogP contribution in [-0.4, -0.2) is 22.3 Å². The number of carbonyl (C=O) groups is 1. The summed E-state index contributed by atoms with van der Waals surface area (Å²) in [6, 6.07) is 9.68. The molecule has 5 nitrogen and oxygen atoms in total. The molecule has 1 heterocycles. The first-order valence-corrected chi connectivity index (χ1v) is 6.78. The zero-order chi connectivity index (χ0) is 15.2. The summed E-state index contributed by atoms with van der Waals surface area (Å²) in [5, 5.41) is 0. The Morgan fingerprint density at radius 3 is 2.43 bits per heavy atom. The molecule has 1 amide bonds. The Labute approximate surface area is 124 Å². The molecule has 0 unspecified atom stereocenters. The highest BCUT2D eigenvalue weighted by molar-refractivity contribution is 5.75. The van der Waals surface area contributed by atoms with Gasteiger partial charge < -0.3 is 11.5 Å². The second kappa shape index (κ2) is 6.85. The fourth-order valence-electron chi connectivity index (χ4n) is 2.23. The van der Waals surface area contributed by atoms with Gasteiger partial charge in [0, 0.05) is 31.2 Å². The van der Waals surface area contributed by atoms with Gasteiger partial charge in [0.05, 0.1) is 6.54 Å². The molecule has 0 bridgehead atoms. The van der Waals surface area contributed by atoms with E-state index in [0.29, 0.717) is 13.1 Å². The average molecular weight is 284 g/mol. The summed E-state index contributed by atoms with van der Waals surface area (Å²) in [6.07, 6.45) is 3.62. The van der Waals surface area contributed by atoms with Crippen LogP contribution in [0.2, 0.25) is 0 Å². The van der Waals surface area contributed by atoms with Crippen LogP contribution in [0.1, 0.15) is 16.7 Å². The van der Waals surface area contributed by atoms with Crippen molar-refractivity contribution in [1.82, 2.24) is 9.88 Å². The third-order valence-electron chi connectivity index (χ3n) is 3.10. The largest absolute Gasteiger partial charge is 0.399 e. The number of benzene rings is 1. The van der Waals surface area contributed by atoms with Crippen molar-refractivity contribution in [3.05, 3.63) is 59.4 Å². The third kappa shape index (κ3) is 4.89. The molecule has 0 radical (unpaired) electrons. The Morgan fingerprint density at radius 1 is 1.14 bits per heavy atom. The molecule has 0 spiro atoms.